The molecular weight excluding hydrogens is 544 g/mol. The second-order valence-corrected chi connectivity index (χ2v) is 11.4. The van der Waals surface area contributed by atoms with E-state index in [1.807, 2.05) is 32.9 Å². The Morgan fingerprint density at radius 2 is 2.02 bits per heavy atom. The van der Waals surface area contributed by atoms with Crippen molar-refractivity contribution in [2.24, 2.45) is 5.92 Å². The predicted molar refractivity (Wildman–Crippen MR) is 156 cm³/mol. The minimum Gasteiger partial charge on any atom is -0.493 e. The van der Waals surface area contributed by atoms with Gasteiger partial charge in [0.1, 0.15) is 18.3 Å². The molecule has 12 heteroatoms. The molecule has 1 atom stereocenters. The van der Waals surface area contributed by atoms with Crippen LogP contribution in [0.4, 0.5) is 0 Å². The molecule has 0 saturated heterocycles. The molecule has 0 saturated carbocycles. The maximum absolute atomic E-state index is 13.5. The summed E-state index contributed by atoms with van der Waals surface area (Å²) >= 11 is 1.44. The summed E-state index contributed by atoms with van der Waals surface area (Å²) in [6.45, 7) is 8.94. The minimum absolute atomic E-state index is 0.00774. The number of carbonyl (C=O) groups is 3. The van der Waals surface area contributed by atoms with Crippen molar-refractivity contribution in [1.82, 2.24) is 30.3 Å². The number of amides is 3. The fourth-order valence-electron chi connectivity index (χ4n) is 4.63. The fourth-order valence-corrected chi connectivity index (χ4v) is 5.54. The van der Waals surface area contributed by atoms with Gasteiger partial charge in [0.05, 0.1) is 31.1 Å². The van der Waals surface area contributed by atoms with Gasteiger partial charge in [-0.25, -0.2) is 9.67 Å². The number of hydrogen-bond donors (Lipinski definition) is 2. The minimum atomic E-state index is -0.426. The SMILES string of the molecule is CCc1ccc(C(=O)N2CCCNC(=O)c3ccc(OC)c(c3)OCCn3nc(C)nc3[C@H](C(C)C)NC(=O)C2)s1. The van der Waals surface area contributed by atoms with Crippen LogP contribution in [0.3, 0.4) is 0 Å². The maximum atomic E-state index is 13.5. The molecule has 2 bridgehead atoms. The summed E-state index contributed by atoms with van der Waals surface area (Å²) < 4.78 is 13.2. The first-order valence-corrected chi connectivity index (χ1v) is 14.7. The van der Waals surface area contributed by atoms with Gasteiger partial charge in [0, 0.05) is 23.5 Å². The summed E-state index contributed by atoms with van der Waals surface area (Å²) in [6.07, 6.45) is 1.30. The van der Waals surface area contributed by atoms with Crippen LogP contribution in [0.25, 0.3) is 0 Å². The molecule has 3 aromatic rings. The Balaban J connectivity index is 1.65. The van der Waals surface area contributed by atoms with Gasteiger partial charge in [-0.05, 0) is 56.0 Å². The molecule has 1 aromatic carbocycles. The molecule has 0 spiro atoms. The molecule has 220 valence electrons. The fraction of sp³-hybridized carbons (Fsp3) is 0.483. The molecule has 2 aromatic heterocycles. The smallest absolute Gasteiger partial charge is 0.264 e. The van der Waals surface area contributed by atoms with Crippen LogP contribution >= 0.6 is 11.3 Å². The zero-order valence-electron chi connectivity index (χ0n) is 24.2. The number of carbonyl (C=O) groups excluding carboxylic acids is 3. The Morgan fingerprint density at radius 1 is 1.22 bits per heavy atom. The summed E-state index contributed by atoms with van der Waals surface area (Å²) in [5, 5.41) is 10.5. The van der Waals surface area contributed by atoms with E-state index in [9.17, 15) is 14.4 Å². The van der Waals surface area contributed by atoms with Gasteiger partial charge in [0.2, 0.25) is 5.91 Å². The average molecular weight is 583 g/mol. The Hall–Kier alpha value is -3.93. The highest BCUT2D eigenvalue weighted by Crippen LogP contribution is 2.28. The van der Waals surface area contributed by atoms with Gasteiger partial charge in [-0.2, -0.15) is 5.10 Å². The van der Waals surface area contributed by atoms with E-state index in [2.05, 4.69) is 20.7 Å². The number of hydrogen-bond acceptors (Lipinski definition) is 8. The van der Waals surface area contributed by atoms with Gasteiger partial charge in [-0.15, -0.1) is 11.3 Å². The second kappa shape index (κ2) is 13.6. The number of ether oxygens (including phenoxy) is 2. The Morgan fingerprint density at radius 3 is 2.73 bits per heavy atom. The van der Waals surface area contributed by atoms with Crippen molar-refractivity contribution in [3.8, 4) is 11.5 Å². The number of nitrogens with zero attached hydrogens (tertiary/aromatic N) is 4. The normalized spacial score (nSPS) is 17.1. The zero-order chi connectivity index (χ0) is 29.5. The van der Waals surface area contributed by atoms with Crippen LogP contribution in [0, 0.1) is 12.8 Å². The van der Waals surface area contributed by atoms with E-state index in [0.717, 1.165) is 11.3 Å². The van der Waals surface area contributed by atoms with Gasteiger partial charge >= 0.3 is 0 Å². The molecule has 3 heterocycles. The van der Waals surface area contributed by atoms with Gasteiger partial charge in [0.15, 0.2) is 11.5 Å². The van der Waals surface area contributed by atoms with Crippen LogP contribution in [-0.4, -0.2) is 70.7 Å². The summed E-state index contributed by atoms with van der Waals surface area (Å²) in [4.78, 5) is 47.6. The molecule has 0 unspecified atom stereocenters. The average Bonchev–Trinajstić information content (AvgIpc) is 3.58. The van der Waals surface area contributed by atoms with E-state index in [1.165, 1.54) is 11.3 Å². The first-order chi connectivity index (χ1) is 19.7. The summed E-state index contributed by atoms with van der Waals surface area (Å²) in [7, 11) is 1.54. The summed E-state index contributed by atoms with van der Waals surface area (Å²) in [5.41, 5.74) is 0.428. The van der Waals surface area contributed by atoms with Crippen LogP contribution in [0.1, 0.15) is 69.8 Å². The van der Waals surface area contributed by atoms with Crippen LogP contribution in [-0.2, 0) is 17.8 Å². The number of aryl methyl sites for hydroxylation is 2. The van der Waals surface area contributed by atoms with Crippen molar-refractivity contribution in [2.45, 2.75) is 53.1 Å². The highest BCUT2D eigenvalue weighted by molar-refractivity contribution is 7.14. The van der Waals surface area contributed by atoms with Gasteiger partial charge in [0.25, 0.3) is 11.8 Å². The standard InChI is InChI=1S/C29H38N6O5S/c1-6-21-9-11-24(41-21)29(38)34-13-7-12-30-28(37)20-8-10-22(39-5)23(16-20)40-15-14-35-27(31-19(4)33-35)26(18(2)3)32-25(36)17-34/h8-11,16,18,26H,6-7,12-15,17H2,1-5H3,(H,30,37)(H,32,36)/t26-/m0/s1. The molecule has 3 amide bonds. The van der Waals surface area contributed by atoms with E-state index in [-0.39, 0.29) is 36.8 Å². The first kappa shape index (κ1) is 30.0. The van der Waals surface area contributed by atoms with Crippen molar-refractivity contribution in [3.63, 3.8) is 0 Å². The molecule has 41 heavy (non-hydrogen) atoms. The third-order valence-corrected chi connectivity index (χ3v) is 8.00. The lowest BCUT2D eigenvalue weighted by Crippen LogP contribution is -2.44. The number of aromatic nitrogens is 3. The quantitative estimate of drug-likeness (QED) is 0.483. The third-order valence-electron chi connectivity index (χ3n) is 6.79. The molecule has 1 aliphatic rings. The van der Waals surface area contributed by atoms with Crippen LogP contribution in [0.2, 0.25) is 0 Å². The van der Waals surface area contributed by atoms with Crippen LogP contribution in [0.5, 0.6) is 11.5 Å². The lowest BCUT2D eigenvalue weighted by molar-refractivity contribution is -0.123. The monoisotopic (exact) mass is 582 g/mol. The first-order valence-electron chi connectivity index (χ1n) is 13.9. The van der Waals surface area contributed by atoms with Crippen molar-refractivity contribution in [2.75, 3.05) is 33.4 Å². The van der Waals surface area contributed by atoms with Crippen LogP contribution in [0.15, 0.2) is 30.3 Å². The molecular formula is C29H38N6O5S. The predicted octanol–water partition coefficient (Wildman–Crippen LogP) is 3.39. The molecule has 11 nitrogen and oxygen atoms in total. The number of fused-ring (bicyclic) bond motifs is 3. The van der Waals surface area contributed by atoms with Crippen molar-refractivity contribution < 1.29 is 23.9 Å². The van der Waals surface area contributed by atoms with Crippen molar-refractivity contribution in [1.29, 1.82) is 0 Å². The largest absolute Gasteiger partial charge is 0.493 e. The molecule has 4 rings (SSSR count). The molecule has 0 radical (unpaired) electrons. The molecule has 1 aliphatic heterocycles. The Labute approximate surface area is 244 Å². The van der Waals surface area contributed by atoms with Crippen molar-refractivity contribution >= 4 is 29.1 Å². The Bertz CT molecular complexity index is 1380. The van der Waals surface area contributed by atoms with E-state index >= 15 is 0 Å². The second-order valence-electron chi connectivity index (χ2n) is 10.2. The molecule has 0 aliphatic carbocycles. The lowest BCUT2D eigenvalue weighted by atomic mass is 10.0. The zero-order valence-corrected chi connectivity index (χ0v) is 25.0. The van der Waals surface area contributed by atoms with E-state index in [1.54, 1.807) is 41.8 Å². The Kier molecular flexibility index (Phi) is 9.98. The molecule has 2 N–H and O–H groups in total. The highest BCUT2D eigenvalue weighted by atomic mass is 32.1. The molecule has 0 fully saturated rings. The number of rotatable bonds is 4. The number of nitrogens with one attached hydrogen (secondary N) is 2. The summed E-state index contributed by atoms with van der Waals surface area (Å²) in [6, 6.07) is 8.35. The van der Waals surface area contributed by atoms with E-state index in [0.29, 0.717) is 59.6 Å². The maximum Gasteiger partial charge on any atom is 0.264 e. The van der Waals surface area contributed by atoms with Crippen LogP contribution < -0.4 is 20.1 Å². The topological polar surface area (TPSA) is 128 Å². The van der Waals surface area contributed by atoms with Gasteiger partial charge in [-0.3, -0.25) is 14.4 Å². The summed E-state index contributed by atoms with van der Waals surface area (Å²) in [5.74, 6) is 1.37. The lowest BCUT2D eigenvalue weighted by Gasteiger charge is -2.26. The highest BCUT2D eigenvalue weighted by Gasteiger charge is 2.27. The van der Waals surface area contributed by atoms with Crippen molar-refractivity contribution in [3.05, 3.63) is 57.3 Å². The van der Waals surface area contributed by atoms with Gasteiger partial charge in [-0.1, -0.05) is 20.8 Å². The number of thiophene rings is 1. The van der Waals surface area contributed by atoms with E-state index < -0.39 is 6.04 Å². The van der Waals surface area contributed by atoms with Gasteiger partial charge < -0.3 is 25.0 Å². The van der Waals surface area contributed by atoms with E-state index in [4.69, 9.17) is 9.47 Å². The number of benzene rings is 1. The third kappa shape index (κ3) is 7.43. The number of methoxy groups -OCH3 is 1.